The molecule has 5 nitrogen and oxygen atoms in total. The Hall–Kier alpha value is -3.21. The summed E-state index contributed by atoms with van der Waals surface area (Å²) in [5.74, 6) is 2.46. The van der Waals surface area contributed by atoms with Gasteiger partial charge < -0.3 is 9.88 Å². The molecule has 0 amide bonds. The van der Waals surface area contributed by atoms with Gasteiger partial charge in [0, 0.05) is 59.4 Å². The van der Waals surface area contributed by atoms with E-state index in [1.165, 1.54) is 47.1 Å². The van der Waals surface area contributed by atoms with Crippen molar-refractivity contribution >= 4 is 16.7 Å². The molecule has 4 aromatic rings. The van der Waals surface area contributed by atoms with Crippen LogP contribution in [0.3, 0.4) is 0 Å². The summed E-state index contributed by atoms with van der Waals surface area (Å²) in [4.78, 5) is 20.4. The molecule has 1 aliphatic heterocycles. The number of hydrogen-bond donors (Lipinski definition) is 1. The Morgan fingerprint density at radius 1 is 1.00 bits per heavy atom. The van der Waals surface area contributed by atoms with Crippen LogP contribution >= 0.6 is 0 Å². The Balaban J connectivity index is 1.36. The Morgan fingerprint density at radius 2 is 1.97 bits per heavy atom. The molecule has 150 valence electrons. The number of nitrogens with one attached hydrogen (secondary N) is 1. The van der Waals surface area contributed by atoms with E-state index in [0.29, 0.717) is 5.92 Å². The molecule has 0 saturated carbocycles. The molecule has 1 saturated heterocycles. The fraction of sp³-hybridized carbons (Fsp3) is 0.320. The lowest BCUT2D eigenvalue weighted by molar-refractivity contribution is 0.499. The zero-order valence-electron chi connectivity index (χ0n) is 17.0. The van der Waals surface area contributed by atoms with Gasteiger partial charge >= 0.3 is 0 Å². The van der Waals surface area contributed by atoms with E-state index in [-0.39, 0.29) is 0 Å². The van der Waals surface area contributed by atoms with Crippen molar-refractivity contribution in [3.8, 4) is 11.4 Å². The highest BCUT2D eigenvalue weighted by Gasteiger charge is 2.28. The van der Waals surface area contributed by atoms with Crippen LogP contribution in [0.25, 0.3) is 22.3 Å². The van der Waals surface area contributed by atoms with Crippen LogP contribution in [-0.4, -0.2) is 33.0 Å². The molecule has 3 aromatic heterocycles. The monoisotopic (exact) mass is 395 g/mol. The molecule has 1 N–H and O–H groups in total. The summed E-state index contributed by atoms with van der Waals surface area (Å²) in [5, 5.41) is 1.30. The van der Waals surface area contributed by atoms with Crippen LogP contribution < -0.4 is 4.90 Å². The number of H-pyrrole nitrogens is 1. The van der Waals surface area contributed by atoms with E-state index in [0.717, 1.165) is 43.1 Å². The van der Waals surface area contributed by atoms with Crippen molar-refractivity contribution in [3.05, 3.63) is 71.8 Å². The molecular formula is C25H25N5. The van der Waals surface area contributed by atoms with E-state index >= 15 is 0 Å². The fourth-order valence-corrected chi connectivity index (χ4v) is 5.04. The molecule has 1 unspecified atom stereocenters. The first kappa shape index (κ1) is 17.6. The van der Waals surface area contributed by atoms with Crippen molar-refractivity contribution in [1.29, 1.82) is 0 Å². The maximum absolute atomic E-state index is 5.07. The van der Waals surface area contributed by atoms with Crippen molar-refractivity contribution in [2.75, 3.05) is 18.0 Å². The average molecular weight is 396 g/mol. The number of rotatable bonds is 3. The summed E-state index contributed by atoms with van der Waals surface area (Å²) in [6.45, 7) is 2.06. The Bertz CT molecular complexity index is 1160. The predicted molar refractivity (Wildman–Crippen MR) is 120 cm³/mol. The molecule has 2 aliphatic rings. The minimum atomic E-state index is 0.500. The number of pyridine rings is 1. The molecule has 0 spiro atoms. The Kier molecular flexibility index (Phi) is 4.25. The number of benzene rings is 1. The zero-order valence-corrected chi connectivity index (χ0v) is 17.0. The lowest BCUT2D eigenvalue weighted by Crippen LogP contribution is -2.36. The predicted octanol–water partition coefficient (Wildman–Crippen LogP) is 4.89. The van der Waals surface area contributed by atoms with Crippen molar-refractivity contribution in [3.63, 3.8) is 0 Å². The van der Waals surface area contributed by atoms with Gasteiger partial charge in [0.15, 0.2) is 5.82 Å². The zero-order chi connectivity index (χ0) is 19.9. The van der Waals surface area contributed by atoms with E-state index in [4.69, 9.17) is 9.97 Å². The molecular weight excluding hydrogens is 370 g/mol. The summed E-state index contributed by atoms with van der Waals surface area (Å²) >= 11 is 0. The Labute approximate surface area is 176 Å². The van der Waals surface area contributed by atoms with Gasteiger partial charge in [0.05, 0.1) is 0 Å². The second kappa shape index (κ2) is 7.24. The third-order valence-corrected chi connectivity index (χ3v) is 6.54. The third-order valence-electron chi connectivity index (χ3n) is 6.54. The second-order valence-corrected chi connectivity index (χ2v) is 8.49. The number of aryl methyl sites for hydroxylation is 1. The smallest absolute Gasteiger partial charge is 0.163 e. The molecule has 1 aliphatic carbocycles. The summed E-state index contributed by atoms with van der Waals surface area (Å²) in [6.07, 6.45) is 9.38. The number of piperidine rings is 1. The van der Waals surface area contributed by atoms with Crippen LogP contribution in [-0.2, 0) is 12.8 Å². The SMILES string of the molecule is c1cncc(-c2nc3c(c(N4CCCC(c5cc6ccccc6[nH]5)C4)n2)CCC3)c1. The van der Waals surface area contributed by atoms with Crippen LogP contribution in [0, 0.1) is 0 Å². The molecule has 0 radical (unpaired) electrons. The van der Waals surface area contributed by atoms with Crippen LogP contribution in [0.15, 0.2) is 54.9 Å². The molecule has 4 heterocycles. The van der Waals surface area contributed by atoms with E-state index in [9.17, 15) is 0 Å². The van der Waals surface area contributed by atoms with E-state index in [1.807, 2.05) is 12.3 Å². The van der Waals surface area contributed by atoms with Crippen molar-refractivity contribution < 1.29 is 0 Å². The van der Waals surface area contributed by atoms with Crippen LogP contribution in [0.5, 0.6) is 0 Å². The largest absolute Gasteiger partial charge is 0.358 e. The summed E-state index contributed by atoms with van der Waals surface area (Å²) in [6, 6.07) is 14.9. The van der Waals surface area contributed by atoms with Gasteiger partial charge in [-0.15, -0.1) is 0 Å². The van der Waals surface area contributed by atoms with Crippen LogP contribution in [0.1, 0.15) is 42.1 Å². The number of aromatic amines is 1. The number of nitrogens with zero attached hydrogens (tertiary/aromatic N) is 4. The summed E-state index contributed by atoms with van der Waals surface area (Å²) in [7, 11) is 0. The first-order chi connectivity index (χ1) is 14.8. The first-order valence-electron chi connectivity index (χ1n) is 11.0. The van der Waals surface area contributed by atoms with Gasteiger partial charge in [-0.25, -0.2) is 9.97 Å². The standard InChI is InChI=1S/C25H25N5/c1-2-10-21-17(6-1)14-23(27-21)19-8-5-13-30(16-19)25-20-9-3-11-22(20)28-24(29-25)18-7-4-12-26-15-18/h1-2,4,6-7,10,12,14-15,19,27H,3,5,8-9,11,13,16H2. The van der Waals surface area contributed by atoms with Crippen LogP contribution in [0.4, 0.5) is 5.82 Å². The van der Waals surface area contributed by atoms with E-state index in [2.05, 4.69) is 51.3 Å². The average Bonchev–Trinajstić information content (AvgIpc) is 3.46. The van der Waals surface area contributed by atoms with Crippen molar-refractivity contribution in [2.24, 2.45) is 0 Å². The number of aromatic nitrogens is 4. The van der Waals surface area contributed by atoms with Gasteiger partial charge in [0.25, 0.3) is 0 Å². The number of hydrogen-bond acceptors (Lipinski definition) is 4. The highest BCUT2D eigenvalue weighted by molar-refractivity contribution is 5.80. The fourth-order valence-electron chi connectivity index (χ4n) is 5.04. The van der Waals surface area contributed by atoms with Gasteiger partial charge in [-0.2, -0.15) is 0 Å². The second-order valence-electron chi connectivity index (χ2n) is 8.49. The molecule has 6 rings (SSSR count). The van der Waals surface area contributed by atoms with Gasteiger partial charge in [0.1, 0.15) is 5.82 Å². The van der Waals surface area contributed by atoms with Gasteiger partial charge in [0.2, 0.25) is 0 Å². The van der Waals surface area contributed by atoms with Crippen molar-refractivity contribution in [2.45, 2.75) is 38.0 Å². The maximum Gasteiger partial charge on any atom is 0.163 e. The number of anilines is 1. The summed E-state index contributed by atoms with van der Waals surface area (Å²) < 4.78 is 0. The highest BCUT2D eigenvalue weighted by atomic mass is 15.2. The number of fused-ring (bicyclic) bond motifs is 2. The molecule has 5 heteroatoms. The topological polar surface area (TPSA) is 57.7 Å². The van der Waals surface area contributed by atoms with Crippen molar-refractivity contribution in [1.82, 2.24) is 19.9 Å². The highest BCUT2D eigenvalue weighted by Crippen LogP contribution is 2.36. The summed E-state index contributed by atoms with van der Waals surface area (Å²) in [5.41, 5.74) is 6.16. The van der Waals surface area contributed by atoms with Gasteiger partial charge in [-0.05, 0) is 61.8 Å². The van der Waals surface area contributed by atoms with Gasteiger partial charge in [-0.1, -0.05) is 18.2 Å². The third kappa shape index (κ3) is 3.05. The molecule has 1 aromatic carbocycles. The normalized spacial score (nSPS) is 18.7. The van der Waals surface area contributed by atoms with E-state index in [1.54, 1.807) is 6.20 Å². The molecule has 30 heavy (non-hydrogen) atoms. The molecule has 0 bridgehead atoms. The Morgan fingerprint density at radius 3 is 2.87 bits per heavy atom. The first-order valence-corrected chi connectivity index (χ1v) is 11.0. The minimum Gasteiger partial charge on any atom is -0.358 e. The molecule has 1 fully saturated rings. The molecule has 1 atom stereocenters. The quantitative estimate of drug-likeness (QED) is 0.536. The maximum atomic E-state index is 5.07. The van der Waals surface area contributed by atoms with Crippen LogP contribution in [0.2, 0.25) is 0 Å². The van der Waals surface area contributed by atoms with E-state index < -0.39 is 0 Å². The lowest BCUT2D eigenvalue weighted by Gasteiger charge is -2.34. The lowest BCUT2D eigenvalue weighted by atomic mass is 9.94. The van der Waals surface area contributed by atoms with Gasteiger partial charge in [-0.3, -0.25) is 4.98 Å². The number of para-hydroxylation sites is 1. The minimum absolute atomic E-state index is 0.500.